The summed E-state index contributed by atoms with van der Waals surface area (Å²) >= 11 is 0. The van der Waals surface area contributed by atoms with Gasteiger partial charge in [0.25, 0.3) is 0 Å². The number of benzene rings is 1. The number of carbonyl (C=O) groups excluding carboxylic acids is 1. The first-order valence-electron chi connectivity index (χ1n) is 4.98. The van der Waals surface area contributed by atoms with Crippen molar-refractivity contribution in [2.75, 3.05) is 13.6 Å². The zero-order valence-corrected chi connectivity index (χ0v) is 9.07. The van der Waals surface area contributed by atoms with E-state index in [4.69, 9.17) is 10.5 Å². The largest absolute Gasteiger partial charge is 0.445 e. The molecule has 0 aliphatic heterocycles. The van der Waals surface area contributed by atoms with Crippen LogP contribution in [0.15, 0.2) is 24.3 Å². The van der Waals surface area contributed by atoms with Crippen LogP contribution in [0.1, 0.15) is 5.56 Å². The molecule has 0 bridgehead atoms. The first-order chi connectivity index (χ1) is 7.65. The molecule has 1 rings (SSSR count). The number of rotatable bonds is 4. The van der Waals surface area contributed by atoms with E-state index in [9.17, 15) is 9.18 Å². The van der Waals surface area contributed by atoms with Gasteiger partial charge in [-0.15, -0.1) is 0 Å². The number of nitrogens with two attached hydrogens (primary N) is 1. The van der Waals surface area contributed by atoms with E-state index in [1.54, 1.807) is 12.1 Å². The Morgan fingerprint density at radius 2 is 2.12 bits per heavy atom. The quantitative estimate of drug-likeness (QED) is 0.806. The summed E-state index contributed by atoms with van der Waals surface area (Å²) in [7, 11) is 1.48. The number of amides is 1. The molecule has 0 aliphatic carbocycles. The highest BCUT2D eigenvalue weighted by atomic mass is 19.1. The molecule has 0 saturated carbocycles. The summed E-state index contributed by atoms with van der Waals surface area (Å²) < 4.78 is 17.7. The lowest BCUT2D eigenvalue weighted by atomic mass is 10.1. The van der Waals surface area contributed by atoms with Gasteiger partial charge < -0.3 is 15.8 Å². The van der Waals surface area contributed by atoms with Crippen LogP contribution >= 0.6 is 0 Å². The molecule has 4 nitrogen and oxygen atoms in total. The number of hydrogen-bond acceptors (Lipinski definition) is 3. The van der Waals surface area contributed by atoms with Crippen LogP contribution in [0.4, 0.5) is 9.18 Å². The molecule has 0 heterocycles. The molecule has 88 valence electrons. The van der Waals surface area contributed by atoms with Crippen molar-refractivity contribution >= 4 is 6.09 Å². The van der Waals surface area contributed by atoms with E-state index in [2.05, 4.69) is 5.32 Å². The average Bonchev–Trinajstić information content (AvgIpc) is 2.30. The Morgan fingerprint density at radius 1 is 1.50 bits per heavy atom. The van der Waals surface area contributed by atoms with Crippen molar-refractivity contribution in [2.45, 2.75) is 12.5 Å². The Hall–Kier alpha value is -1.62. The number of nitrogens with one attached hydrogen (secondary N) is 1. The SMILES string of the molecule is CNC(=O)OC(CN)Cc1ccc(F)cc1. The van der Waals surface area contributed by atoms with Crippen LogP contribution in [-0.2, 0) is 11.2 Å². The molecule has 1 unspecified atom stereocenters. The standard InChI is InChI=1S/C11H15FN2O2/c1-14-11(15)16-10(7-13)6-8-2-4-9(12)5-3-8/h2-5,10H,6-7,13H2,1H3,(H,14,15). The number of halogens is 1. The fraction of sp³-hybridized carbons (Fsp3) is 0.364. The third-order valence-corrected chi connectivity index (χ3v) is 2.12. The molecule has 0 spiro atoms. The van der Waals surface area contributed by atoms with Crippen LogP contribution < -0.4 is 11.1 Å². The lowest BCUT2D eigenvalue weighted by Crippen LogP contribution is -2.32. The molecule has 0 aliphatic rings. The first-order valence-corrected chi connectivity index (χ1v) is 4.98. The smallest absolute Gasteiger partial charge is 0.407 e. The molecule has 1 aromatic carbocycles. The van der Waals surface area contributed by atoms with Crippen molar-refractivity contribution in [1.29, 1.82) is 0 Å². The van der Waals surface area contributed by atoms with E-state index >= 15 is 0 Å². The van der Waals surface area contributed by atoms with Gasteiger partial charge in [0.05, 0.1) is 0 Å². The number of hydrogen-bond donors (Lipinski definition) is 2. The summed E-state index contributed by atoms with van der Waals surface area (Å²) in [5.74, 6) is -0.291. The molecular weight excluding hydrogens is 211 g/mol. The van der Waals surface area contributed by atoms with Crippen LogP contribution in [-0.4, -0.2) is 25.8 Å². The number of ether oxygens (including phenoxy) is 1. The predicted octanol–water partition coefficient (Wildman–Crippen LogP) is 1.05. The molecule has 1 atom stereocenters. The number of alkyl carbamates (subject to hydrolysis) is 1. The molecule has 0 fully saturated rings. The van der Waals surface area contributed by atoms with Gasteiger partial charge in [0.1, 0.15) is 11.9 Å². The third kappa shape index (κ3) is 3.86. The van der Waals surface area contributed by atoms with Gasteiger partial charge in [-0.25, -0.2) is 9.18 Å². The Morgan fingerprint density at radius 3 is 2.62 bits per heavy atom. The van der Waals surface area contributed by atoms with Crippen molar-refractivity contribution in [1.82, 2.24) is 5.32 Å². The van der Waals surface area contributed by atoms with E-state index in [0.717, 1.165) is 5.56 Å². The van der Waals surface area contributed by atoms with E-state index in [0.29, 0.717) is 6.42 Å². The van der Waals surface area contributed by atoms with E-state index in [1.165, 1.54) is 19.2 Å². The van der Waals surface area contributed by atoms with Crippen LogP contribution in [0.25, 0.3) is 0 Å². The van der Waals surface area contributed by atoms with Gasteiger partial charge in [0, 0.05) is 20.0 Å². The van der Waals surface area contributed by atoms with Crippen LogP contribution in [0, 0.1) is 5.82 Å². The fourth-order valence-electron chi connectivity index (χ4n) is 1.27. The third-order valence-electron chi connectivity index (χ3n) is 2.12. The Balaban J connectivity index is 2.56. The Bertz CT molecular complexity index is 340. The molecule has 1 aromatic rings. The fourth-order valence-corrected chi connectivity index (χ4v) is 1.27. The van der Waals surface area contributed by atoms with Gasteiger partial charge in [-0.05, 0) is 17.7 Å². The van der Waals surface area contributed by atoms with E-state index in [1.807, 2.05) is 0 Å². The number of carbonyl (C=O) groups is 1. The summed E-state index contributed by atoms with van der Waals surface area (Å²) in [6.07, 6.45) is -0.438. The Kier molecular flexibility index (Phi) is 4.72. The van der Waals surface area contributed by atoms with Crippen molar-refractivity contribution in [2.24, 2.45) is 5.73 Å². The highest BCUT2D eigenvalue weighted by Crippen LogP contribution is 2.07. The van der Waals surface area contributed by atoms with Crippen molar-refractivity contribution in [3.63, 3.8) is 0 Å². The lowest BCUT2D eigenvalue weighted by Gasteiger charge is -2.15. The maximum Gasteiger partial charge on any atom is 0.407 e. The molecule has 0 radical (unpaired) electrons. The molecule has 1 amide bonds. The predicted molar refractivity (Wildman–Crippen MR) is 58.5 cm³/mol. The second-order valence-electron chi connectivity index (χ2n) is 3.34. The minimum atomic E-state index is -0.516. The van der Waals surface area contributed by atoms with Gasteiger partial charge in [-0.1, -0.05) is 12.1 Å². The van der Waals surface area contributed by atoms with Crippen molar-refractivity contribution in [3.8, 4) is 0 Å². The molecular formula is C11H15FN2O2. The summed E-state index contributed by atoms with van der Waals surface area (Å²) in [5, 5.41) is 2.35. The van der Waals surface area contributed by atoms with Crippen LogP contribution in [0.5, 0.6) is 0 Å². The summed E-state index contributed by atoms with van der Waals surface area (Å²) in [4.78, 5) is 11.0. The normalized spacial score (nSPS) is 11.9. The zero-order valence-electron chi connectivity index (χ0n) is 9.07. The van der Waals surface area contributed by atoms with Gasteiger partial charge in [-0.2, -0.15) is 0 Å². The second kappa shape index (κ2) is 6.07. The summed E-state index contributed by atoms with van der Waals surface area (Å²) in [6, 6.07) is 6.02. The van der Waals surface area contributed by atoms with E-state index < -0.39 is 12.2 Å². The molecule has 16 heavy (non-hydrogen) atoms. The topological polar surface area (TPSA) is 64.3 Å². The van der Waals surface area contributed by atoms with Crippen molar-refractivity contribution in [3.05, 3.63) is 35.6 Å². The summed E-state index contributed by atoms with van der Waals surface area (Å²) in [5.41, 5.74) is 6.35. The van der Waals surface area contributed by atoms with Gasteiger partial charge in [0.15, 0.2) is 0 Å². The minimum Gasteiger partial charge on any atom is -0.445 e. The van der Waals surface area contributed by atoms with Gasteiger partial charge in [0.2, 0.25) is 0 Å². The molecule has 3 N–H and O–H groups in total. The first kappa shape index (κ1) is 12.4. The van der Waals surface area contributed by atoms with Gasteiger partial charge >= 0.3 is 6.09 Å². The highest BCUT2D eigenvalue weighted by molar-refractivity contribution is 5.66. The van der Waals surface area contributed by atoms with E-state index in [-0.39, 0.29) is 12.4 Å². The second-order valence-corrected chi connectivity index (χ2v) is 3.34. The summed E-state index contributed by atoms with van der Waals surface area (Å²) in [6.45, 7) is 0.227. The lowest BCUT2D eigenvalue weighted by molar-refractivity contribution is 0.103. The van der Waals surface area contributed by atoms with Gasteiger partial charge in [-0.3, -0.25) is 0 Å². The highest BCUT2D eigenvalue weighted by Gasteiger charge is 2.12. The van der Waals surface area contributed by atoms with Crippen LogP contribution in [0.3, 0.4) is 0 Å². The average molecular weight is 226 g/mol. The van der Waals surface area contributed by atoms with Crippen molar-refractivity contribution < 1.29 is 13.9 Å². The maximum atomic E-state index is 12.7. The zero-order chi connectivity index (χ0) is 12.0. The molecule has 0 saturated heterocycles. The molecule has 0 aromatic heterocycles. The monoisotopic (exact) mass is 226 g/mol. The van der Waals surface area contributed by atoms with Crippen LogP contribution in [0.2, 0.25) is 0 Å². The maximum absolute atomic E-state index is 12.7. The Labute approximate surface area is 93.6 Å². The molecule has 5 heteroatoms. The minimum absolute atomic E-state index is 0.227.